The van der Waals surface area contributed by atoms with Gasteiger partial charge in [-0.15, -0.1) is 0 Å². The van der Waals surface area contributed by atoms with Crippen LogP contribution in [0.3, 0.4) is 0 Å². The summed E-state index contributed by atoms with van der Waals surface area (Å²) in [6, 6.07) is 3.96. The van der Waals surface area contributed by atoms with Crippen molar-refractivity contribution in [3.63, 3.8) is 0 Å². The Morgan fingerprint density at radius 1 is 1.35 bits per heavy atom. The van der Waals surface area contributed by atoms with Gasteiger partial charge in [0.1, 0.15) is 17.3 Å². The molecule has 0 bridgehead atoms. The van der Waals surface area contributed by atoms with Crippen molar-refractivity contribution in [3.05, 3.63) is 29.1 Å². The van der Waals surface area contributed by atoms with Gasteiger partial charge in [-0.2, -0.15) is 5.26 Å². The number of rotatable bonds is 1. The van der Waals surface area contributed by atoms with Crippen LogP contribution in [0.2, 0.25) is 0 Å². The first-order valence-electron chi connectivity index (χ1n) is 6.30. The van der Waals surface area contributed by atoms with Gasteiger partial charge in [0, 0.05) is 5.56 Å². The van der Waals surface area contributed by atoms with Crippen molar-refractivity contribution in [1.29, 1.82) is 5.26 Å². The van der Waals surface area contributed by atoms with Crippen molar-refractivity contribution in [1.82, 2.24) is 0 Å². The summed E-state index contributed by atoms with van der Waals surface area (Å²) in [6.45, 7) is 6.28. The Labute approximate surface area is 116 Å². The molecule has 0 aliphatic carbocycles. The van der Waals surface area contributed by atoms with Gasteiger partial charge in [-0.05, 0) is 39.8 Å². The van der Waals surface area contributed by atoms with Gasteiger partial charge >= 0.3 is 0 Å². The molecule has 20 heavy (non-hydrogen) atoms. The van der Waals surface area contributed by atoms with E-state index in [-0.39, 0.29) is 22.8 Å². The molecule has 1 atom stereocenters. The quantitative estimate of drug-likeness (QED) is 0.738. The number of carbonyl (C=O) groups is 2. The average molecular weight is 274 g/mol. The lowest BCUT2D eigenvalue weighted by Crippen LogP contribution is -2.34. The molecule has 0 saturated carbocycles. The monoisotopic (exact) mass is 274 g/mol. The minimum atomic E-state index is -1.10. The van der Waals surface area contributed by atoms with Gasteiger partial charge in [-0.25, -0.2) is 4.39 Å². The first kappa shape index (κ1) is 14.2. The van der Waals surface area contributed by atoms with Crippen LogP contribution in [0.15, 0.2) is 12.1 Å². The lowest BCUT2D eigenvalue weighted by atomic mass is 9.89. The molecule has 1 fully saturated rings. The number of Topliss-reactive ketones (excluding diaryl/α,β-unsaturated/α-hetero) is 1. The van der Waals surface area contributed by atoms with Crippen LogP contribution in [0.4, 0.5) is 10.1 Å². The third-order valence-electron chi connectivity index (χ3n) is 3.87. The maximum atomic E-state index is 14.0. The zero-order valence-corrected chi connectivity index (χ0v) is 11.8. The van der Waals surface area contributed by atoms with E-state index >= 15 is 0 Å². The van der Waals surface area contributed by atoms with Crippen molar-refractivity contribution < 1.29 is 14.0 Å². The Balaban J connectivity index is 2.59. The van der Waals surface area contributed by atoms with Crippen LogP contribution >= 0.6 is 0 Å². The summed E-state index contributed by atoms with van der Waals surface area (Å²) in [5.74, 6) is -1.18. The highest BCUT2D eigenvalue weighted by Crippen LogP contribution is 2.37. The molecule has 1 aromatic rings. The maximum absolute atomic E-state index is 14.0. The van der Waals surface area contributed by atoms with Crippen molar-refractivity contribution in [3.8, 4) is 6.07 Å². The number of carbonyl (C=O) groups excluding carboxylic acids is 2. The van der Waals surface area contributed by atoms with Gasteiger partial charge in [0.05, 0.1) is 17.3 Å². The molecule has 0 spiro atoms. The molecule has 1 aliphatic rings. The van der Waals surface area contributed by atoms with Crippen molar-refractivity contribution in [2.75, 3.05) is 4.90 Å². The minimum absolute atomic E-state index is 0.0730. The fourth-order valence-electron chi connectivity index (χ4n) is 2.56. The zero-order valence-electron chi connectivity index (χ0n) is 11.8. The van der Waals surface area contributed by atoms with E-state index in [0.717, 1.165) is 0 Å². The number of anilines is 1. The molecular formula is C15H15FN2O2. The van der Waals surface area contributed by atoms with Gasteiger partial charge < -0.3 is 4.90 Å². The largest absolute Gasteiger partial charge is 0.301 e. The summed E-state index contributed by atoms with van der Waals surface area (Å²) in [7, 11) is 0. The number of ketones is 1. The third kappa shape index (κ3) is 1.72. The van der Waals surface area contributed by atoms with Crippen LogP contribution < -0.4 is 4.90 Å². The predicted molar refractivity (Wildman–Crippen MR) is 71.6 cm³/mol. The van der Waals surface area contributed by atoms with Gasteiger partial charge in [-0.1, -0.05) is 0 Å². The van der Waals surface area contributed by atoms with Crippen LogP contribution in [-0.4, -0.2) is 17.7 Å². The smallest absolute Gasteiger partial charge is 0.240 e. The second-order valence-corrected chi connectivity index (χ2v) is 5.52. The van der Waals surface area contributed by atoms with Crippen molar-refractivity contribution in [2.45, 2.75) is 33.7 Å². The number of halogens is 1. The summed E-state index contributed by atoms with van der Waals surface area (Å²) in [5.41, 5.74) is -0.625. The minimum Gasteiger partial charge on any atom is -0.301 e. The van der Waals surface area contributed by atoms with Crippen molar-refractivity contribution in [2.24, 2.45) is 5.41 Å². The summed E-state index contributed by atoms with van der Waals surface area (Å²) < 4.78 is 14.0. The highest BCUT2D eigenvalue weighted by molar-refractivity contribution is 6.22. The van der Waals surface area contributed by atoms with Gasteiger partial charge in [0.2, 0.25) is 5.91 Å². The van der Waals surface area contributed by atoms with E-state index in [4.69, 9.17) is 5.26 Å². The molecule has 5 heteroatoms. The maximum Gasteiger partial charge on any atom is 0.240 e. The summed E-state index contributed by atoms with van der Waals surface area (Å²) >= 11 is 0. The Hall–Kier alpha value is -2.22. The Bertz CT molecular complexity index is 659. The molecule has 2 rings (SSSR count). The number of nitrogens with zero attached hydrogens (tertiary/aromatic N) is 2. The third-order valence-corrected chi connectivity index (χ3v) is 3.87. The zero-order chi connectivity index (χ0) is 15.2. The van der Waals surface area contributed by atoms with E-state index in [9.17, 15) is 14.0 Å². The highest BCUT2D eigenvalue weighted by atomic mass is 19.1. The Morgan fingerprint density at radius 2 is 1.95 bits per heavy atom. The molecular weight excluding hydrogens is 259 g/mol. The van der Waals surface area contributed by atoms with Crippen LogP contribution in [-0.2, 0) is 9.59 Å². The fraction of sp³-hybridized carbons (Fsp3) is 0.400. The molecule has 1 unspecified atom stereocenters. The topological polar surface area (TPSA) is 61.2 Å². The second-order valence-electron chi connectivity index (χ2n) is 5.52. The summed E-state index contributed by atoms with van der Waals surface area (Å²) in [5, 5.41) is 8.80. The second kappa shape index (κ2) is 4.41. The number of hydrogen-bond donors (Lipinski definition) is 0. The first-order valence-corrected chi connectivity index (χ1v) is 6.30. The predicted octanol–water partition coefficient (Wildman–Crippen LogP) is 2.34. The van der Waals surface area contributed by atoms with Crippen molar-refractivity contribution >= 4 is 17.4 Å². The standard InChI is InChI=1S/C15H15FN2O2/c1-8-11(6-5-10(7-17)12(8)16)18-9(2)13(19)15(3,4)14(18)20/h5-6,9H,1-4H3. The molecule has 1 heterocycles. The van der Waals surface area contributed by atoms with E-state index in [1.807, 2.05) is 0 Å². The average Bonchev–Trinajstić information content (AvgIpc) is 2.55. The lowest BCUT2D eigenvalue weighted by molar-refractivity contribution is -0.132. The number of benzene rings is 1. The molecule has 1 aromatic carbocycles. The number of hydrogen-bond acceptors (Lipinski definition) is 3. The molecule has 0 aromatic heterocycles. The van der Waals surface area contributed by atoms with E-state index in [2.05, 4.69) is 0 Å². The van der Waals surface area contributed by atoms with Gasteiger partial charge in [0.15, 0.2) is 5.78 Å². The van der Waals surface area contributed by atoms with Crippen LogP contribution in [0.5, 0.6) is 0 Å². The summed E-state index contributed by atoms with van der Waals surface area (Å²) in [6.07, 6.45) is 0. The molecule has 0 N–H and O–H groups in total. The molecule has 4 nitrogen and oxygen atoms in total. The van der Waals surface area contributed by atoms with Crippen LogP contribution in [0.1, 0.15) is 31.9 Å². The Kier molecular flexibility index (Phi) is 3.13. The van der Waals surface area contributed by atoms with Gasteiger partial charge in [-0.3, -0.25) is 9.59 Å². The summed E-state index contributed by atoms with van der Waals surface area (Å²) in [4.78, 5) is 25.8. The van der Waals surface area contributed by atoms with E-state index in [0.29, 0.717) is 5.69 Å². The Morgan fingerprint density at radius 3 is 2.40 bits per heavy atom. The molecule has 0 radical (unpaired) electrons. The fourth-order valence-corrected chi connectivity index (χ4v) is 2.56. The molecule has 1 saturated heterocycles. The lowest BCUT2D eigenvalue weighted by Gasteiger charge is -2.23. The SMILES string of the molecule is Cc1c(N2C(=O)C(C)(C)C(=O)C2C)ccc(C#N)c1F. The van der Waals surface area contributed by atoms with Crippen LogP contribution in [0, 0.1) is 29.5 Å². The van der Waals surface area contributed by atoms with Gasteiger partial charge in [0.25, 0.3) is 0 Å². The van der Waals surface area contributed by atoms with E-state index < -0.39 is 17.3 Å². The molecule has 1 aliphatic heterocycles. The number of amides is 1. The molecule has 104 valence electrons. The number of nitriles is 1. The highest BCUT2D eigenvalue weighted by Gasteiger charge is 2.52. The normalized spacial score (nSPS) is 21.2. The van der Waals surface area contributed by atoms with E-state index in [1.54, 1.807) is 26.8 Å². The van der Waals surface area contributed by atoms with Crippen LogP contribution in [0.25, 0.3) is 0 Å². The first-order chi connectivity index (χ1) is 9.23. The van der Waals surface area contributed by atoms with E-state index in [1.165, 1.54) is 24.0 Å². The molecule has 1 amide bonds.